The Hall–Kier alpha value is -2.50. The molecule has 0 aliphatic carbocycles. The number of aromatic nitrogens is 3. The fraction of sp³-hybridized carbons (Fsp3) is 0.412. The molecule has 23 heavy (non-hydrogen) atoms. The molecule has 0 saturated carbocycles. The maximum absolute atomic E-state index is 12.9. The van der Waals surface area contributed by atoms with Crippen molar-refractivity contribution >= 4 is 11.9 Å². The Labute approximate surface area is 136 Å². The van der Waals surface area contributed by atoms with Gasteiger partial charge in [0.05, 0.1) is 11.6 Å². The van der Waals surface area contributed by atoms with Gasteiger partial charge in [-0.25, -0.2) is 9.97 Å². The lowest BCUT2D eigenvalue weighted by Gasteiger charge is -2.35. The zero-order chi connectivity index (χ0) is 16.1. The monoisotopic (exact) mass is 311 g/mol. The molecule has 0 aromatic carbocycles. The number of piperidine rings is 1. The summed E-state index contributed by atoms with van der Waals surface area (Å²) in [5, 5.41) is 3.03. The van der Waals surface area contributed by atoms with Crippen LogP contribution in [0.5, 0.6) is 0 Å². The fourth-order valence-corrected chi connectivity index (χ4v) is 2.95. The average molecular weight is 311 g/mol. The number of rotatable bonds is 4. The van der Waals surface area contributed by atoms with Crippen molar-refractivity contribution in [2.45, 2.75) is 32.2 Å². The molecule has 120 valence electrons. The van der Waals surface area contributed by atoms with E-state index in [4.69, 9.17) is 0 Å². The van der Waals surface area contributed by atoms with Crippen LogP contribution in [0.25, 0.3) is 0 Å². The van der Waals surface area contributed by atoms with E-state index in [1.807, 2.05) is 30.2 Å². The van der Waals surface area contributed by atoms with Gasteiger partial charge in [-0.05, 0) is 37.8 Å². The van der Waals surface area contributed by atoms with Crippen LogP contribution in [0.1, 0.15) is 48.1 Å². The van der Waals surface area contributed by atoms with Gasteiger partial charge in [0.15, 0.2) is 0 Å². The summed E-state index contributed by atoms with van der Waals surface area (Å²) in [6.07, 6.45) is 9.92. The van der Waals surface area contributed by atoms with E-state index in [0.717, 1.165) is 37.9 Å². The zero-order valence-electron chi connectivity index (χ0n) is 13.3. The van der Waals surface area contributed by atoms with E-state index in [-0.39, 0.29) is 11.9 Å². The minimum Gasteiger partial charge on any atom is -0.355 e. The minimum absolute atomic E-state index is 0.0124. The zero-order valence-corrected chi connectivity index (χ0v) is 13.3. The van der Waals surface area contributed by atoms with Crippen molar-refractivity contribution in [3.63, 3.8) is 0 Å². The van der Waals surface area contributed by atoms with E-state index >= 15 is 0 Å². The predicted molar refractivity (Wildman–Crippen MR) is 88.1 cm³/mol. The van der Waals surface area contributed by atoms with Crippen LogP contribution in [0.4, 0.5) is 5.95 Å². The van der Waals surface area contributed by atoms with Gasteiger partial charge in [0.1, 0.15) is 0 Å². The van der Waals surface area contributed by atoms with Gasteiger partial charge in [-0.15, -0.1) is 0 Å². The van der Waals surface area contributed by atoms with Crippen LogP contribution >= 0.6 is 0 Å². The van der Waals surface area contributed by atoms with Gasteiger partial charge in [-0.2, -0.15) is 0 Å². The minimum atomic E-state index is -0.0124. The van der Waals surface area contributed by atoms with Gasteiger partial charge in [0.2, 0.25) is 5.95 Å². The van der Waals surface area contributed by atoms with Crippen LogP contribution in [0.2, 0.25) is 0 Å². The fourth-order valence-electron chi connectivity index (χ4n) is 2.95. The van der Waals surface area contributed by atoms with Crippen molar-refractivity contribution in [3.8, 4) is 0 Å². The highest BCUT2D eigenvalue weighted by atomic mass is 16.2. The highest BCUT2D eigenvalue weighted by Crippen LogP contribution is 2.31. The molecule has 1 amide bonds. The van der Waals surface area contributed by atoms with Gasteiger partial charge >= 0.3 is 0 Å². The van der Waals surface area contributed by atoms with Crippen molar-refractivity contribution in [1.29, 1.82) is 0 Å². The SMILES string of the molecule is CCNc1ncc(C(=O)N2CCCCC2c2cccnc2)cn1. The number of anilines is 1. The summed E-state index contributed by atoms with van der Waals surface area (Å²) in [5.74, 6) is 0.535. The number of pyridine rings is 1. The molecule has 3 rings (SSSR count). The third kappa shape index (κ3) is 3.47. The van der Waals surface area contributed by atoms with E-state index in [1.165, 1.54) is 0 Å². The standard InChI is InChI=1S/C17H21N5O/c1-2-19-17-20-11-14(12-21-17)16(23)22-9-4-3-7-15(22)13-6-5-8-18-10-13/h5-6,8,10-12,15H,2-4,7,9H2,1H3,(H,19,20,21). The second-order valence-electron chi connectivity index (χ2n) is 5.62. The summed E-state index contributed by atoms with van der Waals surface area (Å²) in [6.45, 7) is 3.49. The lowest BCUT2D eigenvalue weighted by atomic mass is 9.96. The van der Waals surface area contributed by atoms with Gasteiger partial charge < -0.3 is 10.2 Å². The van der Waals surface area contributed by atoms with E-state index in [2.05, 4.69) is 20.3 Å². The Morgan fingerprint density at radius 3 is 2.83 bits per heavy atom. The molecule has 3 heterocycles. The smallest absolute Gasteiger partial charge is 0.257 e. The second-order valence-corrected chi connectivity index (χ2v) is 5.62. The molecule has 2 aromatic heterocycles. The lowest BCUT2D eigenvalue weighted by molar-refractivity contribution is 0.0610. The number of carbonyl (C=O) groups excluding carboxylic acids is 1. The molecular formula is C17H21N5O. The van der Waals surface area contributed by atoms with E-state index in [0.29, 0.717) is 11.5 Å². The van der Waals surface area contributed by atoms with E-state index in [1.54, 1.807) is 18.6 Å². The molecule has 6 heteroatoms. The normalized spacial score (nSPS) is 17.8. The van der Waals surface area contributed by atoms with Crippen molar-refractivity contribution in [3.05, 3.63) is 48.0 Å². The molecule has 0 spiro atoms. The molecule has 1 aliphatic heterocycles. The largest absolute Gasteiger partial charge is 0.355 e. The second kappa shape index (κ2) is 7.17. The van der Waals surface area contributed by atoms with Gasteiger partial charge in [0.25, 0.3) is 5.91 Å². The summed E-state index contributed by atoms with van der Waals surface area (Å²) in [5.41, 5.74) is 1.62. The predicted octanol–water partition coefficient (Wildman–Crippen LogP) is 2.67. The highest BCUT2D eigenvalue weighted by Gasteiger charge is 2.29. The van der Waals surface area contributed by atoms with Crippen LogP contribution in [0.3, 0.4) is 0 Å². The van der Waals surface area contributed by atoms with E-state index in [9.17, 15) is 4.79 Å². The third-order valence-corrected chi connectivity index (χ3v) is 4.07. The maximum Gasteiger partial charge on any atom is 0.257 e. The van der Waals surface area contributed by atoms with Crippen molar-refractivity contribution in [2.75, 3.05) is 18.4 Å². The summed E-state index contributed by atoms with van der Waals surface area (Å²) >= 11 is 0. The molecule has 1 unspecified atom stereocenters. The van der Waals surface area contributed by atoms with Crippen LogP contribution in [-0.4, -0.2) is 38.8 Å². The first-order valence-corrected chi connectivity index (χ1v) is 8.06. The number of hydrogen-bond donors (Lipinski definition) is 1. The summed E-state index contributed by atoms with van der Waals surface area (Å²) in [4.78, 5) is 27.4. The summed E-state index contributed by atoms with van der Waals surface area (Å²) < 4.78 is 0. The first kappa shape index (κ1) is 15.4. The Bertz CT molecular complexity index is 644. The number of amides is 1. The number of carbonyl (C=O) groups is 1. The van der Waals surface area contributed by atoms with Crippen LogP contribution in [-0.2, 0) is 0 Å². The van der Waals surface area contributed by atoms with Gasteiger partial charge in [-0.1, -0.05) is 6.07 Å². The lowest BCUT2D eigenvalue weighted by Crippen LogP contribution is -2.38. The van der Waals surface area contributed by atoms with Crippen LogP contribution in [0.15, 0.2) is 36.9 Å². The van der Waals surface area contributed by atoms with Crippen LogP contribution < -0.4 is 5.32 Å². The number of nitrogens with one attached hydrogen (secondary N) is 1. The van der Waals surface area contributed by atoms with E-state index < -0.39 is 0 Å². The van der Waals surface area contributed by atoms with Gasteiger partial charge in [-0.3, -0.25) is 9.78 Å². The van der Waals surface area contributed by atoms with Crippen LogP contribution in [0, 0.1) is 0 Å². The van der Waals surface area contributed by atoms with Crippen molar-refractivity contribution in [1.82, 2.24) is 19.9 Å². The Morgan fingerprint density at radius 1 is 1.30 bits per heavy atom. The van der Waals surface area contributed by atoms with Crippen molar-refractivity contribution in [2.24, 2.45) is 0 Å². The molecule has 1 aliphatic rings. The molecule has 1 saturated heterocycles. The Balaban J connectivity index is 1.81. The first-order chi connectivity index (χ1) is 11.3. The number of nitrogens with zero attached hydrogens (tertiary/aromatic N) is 4. The average Bonchev–Trinajstić information content (AvgIpc) is 2.63. The van der Waals surface area contributed by atoms with Gasteiger partial charge in [0, 0.05) is 37.9 Å². The summed E-state index contributed by atoms with van der Waals surface area (Å²) in [7, 11) is 0. The molecule has 6 nitrogen and oxygen atoms in total. The number of hydrogen-bond acceptors (Lipinski definition) is 5. The maximum atomic E-state index is 12.9. The Kier molecular flexibility index (Phi) is 4.80. The molecular weight excluding hydrogens is 290 g/mol. The molecule has 0 radical (unpaired) electrons. The number of likely N-dealkylation sites (tertiary alicyclic amines) is 1. The third-order valence-electron chi connectivity index (χ3n) is 4.07. The van der Waals surface area contributed by atoms with Crippen molar-refractivity contribution < 1.29 is 4.79 Å². The molecule has 0 bridgehead atoms. The molecule has 1 fully saturated rings. The molecule has 1 N–H and O–H groups in total. The molecule has 2 aromatic rings. The first-order valence-electron chi connectivity index (χ1n) is 8.06. The highest BCUT2D eigenvalue weighted by molar-refractivity contribution is 5.94. The summed E-state index contributed by atoms with van der Waals surface area (Å²) in [6, 6.07) is 4.04. The Morgan fingerprint density at radius 2 is 2.13 bits per heavy atom. The quantitative estimate of drug-likeness (QED) is 0.940. The molecule has 1 atom stereocenters. The topological polar surface area (TPSA) is 71.0 Å².